The van der Waals surface area contributed by atoms with Gasteiger partial charge in [-0.05, 0) is 54.3 Å². The molecular formula is C25H24FN5O2. The number of amides is 1. The average molecular weight is 445 g/mol. The number of hydrogen-bond acceptors (Lipinski definition) is 4. The number of rotatable bonds is 4. The van der Waals surface area contributed by atoms with Gasteiger partial charge in [0.25, 0.3) is 11.5 Å². The Hall–Kier alpha value is -3.78. The van der Waals surface area contributed by atoms with Gasteiger partial charge in [-0.1, -0.05) is 18.2 Å². The molecule has 168 valence electrons. The third kappa shape index (κ3) is 3.82. The maximum atomic E-state index is 13.9. The number of hydrogen-bond donors (Lipinski definition) is 2. The molecule has 1 aliphatic rings. The van der Waals surface area contributed by atoms with Crippen LogP contribution in [-0.4, -0.2) is 45.3 Å². The molecule has 4 heterocycles. The summed E-state index contributed by atoms with van der Waals surface area (Å²) in [6.07, 6.45) is 4.68. The Kier molecular flexibility index (Phi) is 5.30. The third-order valence-corrected chi connectivity index (χ3v) is 6.21. The average Bonchev–Trinajstić information content (AvgIpc) is 3.21. The van der Waals surface area contributed by atoms with Crippen molar-refractivity contribution in [3.63, 3.8) is 0 Å². The van der Waals surface area contributed by atoms with E-state index in [9.17, 15) is 14.0 Å². The fourth-order valence-electron chi connectivity index (χ4n) is 4.51. The van der Waals surface area contributed by atoms with Gasteiger partial charge >= 0.3 is 0 Å². The SMILES string of the molecule is CNC(=O)c1ccc(C2=CCN(Cc3ccc4c(c3)[nH]c(=O)c3c(F)ccn34)CC2)c(C)n1. The van der Waals surface area contributed by atoms with E-state index in [0.29, 0.717) is 11.2 Å². The minimum atomic E-state index is -0.521. The van der Waals surface area contributed by atoms with Crippen molar-refractivity contribution < 1.29 is 9.18 Å². The van der Waals surface area contributed by atoms with Gasteiger partial charge in [0.1, 0.15) is 11.2 Å². The summed E-state index contributed by atoms with van der Waals surface area (Å²) in [6.45, 7) is 4.35. The van der Waals surface area contributed by atoms with Crippen LogP contribution in [-0.2, 0) is 6.54 Å². The molecular weight excluding hydrogens is 421 g/mol. The van der Waals surface area contributed by atoms with Crippen molar-refractivity contribution in [3.8, 4) is 0 Å². The molecule has 1 aromatic carbocycles. The normalized spacial score (nSPS) is 14.6. The molecule has 7 nitrogen and oxygen atoms in total. The number of halogens is 1. The van der Waals surface area contributed by atoms with Gasteiger partial charge in [0.2, 0.25) is 0 Å². The van der Waals surface area contributed by atoms with E-state index in [1.807, 2.05) is 31.2 Å². The number of H-pyrrole nitrogens is 1. The van der Waals surface area contributed by atoms with Crippen molar-refractivity contribution >= 4 is 28.0 Å². The predicted molar refractivity (Wildman–Crippen MR) is 126 cm³/mol. The van der Waals surface area contributed by atoms with Gasteiger partial charge in [-0.2, -0.15) is 0 Å². The van der Waals surface area contributed by atoms with Crippen molar-refractivity contribution in [1.82, 2.24) is 24.6 Å². The van der Waals surface area contributed by atoms with Crippen LogP contribution in [0.2, 0.25) is 0 Å². The topological polar surface area (TPSA) is 82.5 Å². The zero-order valence-corrected chi connectivity index (χ0v) is 18.5. The fraction of sp³-hybridized carbons (Fsp3) is 0.240. The Labute approximate surface area is 189 Å². The molecule has 0 fully saturated rings. The predicted octanol–water partition coefficient (Wildman–Crippen LogP) is 3.27. The molecule has 8 heteroatoms. The van der Waals surface area contributed by atoms with Crippen LogP contribution in [0.5, 0.6) is 0 Å². The number of fused-ring (bicyclic) bond motifs is 3. The molecule has 0 bridgehead atoms. The molecule has 0 aliphatic carbocycles. The summed E-state index contributed by atoms with van der Waals surface area (Å²) in [5.41, 5.74) is 5.72. The van der Waals surface area contributed by atoms with Gasteiger partial charge in [0.05, 0.1) is 11.0 Å². The lowest BCUT2D eigenvalue weighted by molar-refractivity contribution is 0.0958. The molecule has 2 N–H and O–H groups in total. The van der Waals surface area contributed by atoms with Crippen molar-refractivity contribution in [3.05, 3.63) is 87.4 Å². The van der Waals surface area contributed by atoms with Gasteiger partial charge in [0.15, 0.2) is 5.82 Å². The maximum absolute atomic E-state index is 13.9. The summed E-state index contributed by atoms with van der Waals surface area (Å²) in [4.78, 5) is 33.7. The van der Waals surface area contributed by atoms with Gasteiger partial charge in [-0.15, -0.1) is 0 Å². The van der Waals surface area contributed by atoms with E-state index in [4.69, 9.17) is 0 Å². The summed E-state index contributed by atoms with van der Waals surface area (Å²) in [5.74, 6) is -0.709. The van der Waals surface area contributed by atoms with E-state index in [2.05, 4.69) is 26.3 Å². The maximum Gasteiger partial charge on any atom is 0.275 e. The molecule has 0 spiro atoms. The van der Waals surface area contributed by atoms with Gasteiger partial charge in [-0.3, -0.25) is 14.5 Å². The second kappa shape index (κ2) is 8.29. The number of nitrogens with one attached hydrogen (secondary N) is 2. The van der Waals surface area contributed by atoms with Gasteiger partial charge in [0, 0.05) is 38.6 Å². The first-order chi connectivity index (χ1) is 15.9. The van der Waals surface area contributed by atoms with Crippen LogP contribution in [0.3, 0.4) is 0 Å². The summed E-state index contributed by atoms with van der Waals surface area (Å²) >= 11 is 0. The van der Waals surface area contributed by atoms with Crippen molar-refractivity contribution in [2.24, 2.45) is 0 Å². The van der Waals surface area contributed by atoms with Gasteiger partial charge in [-0.25, -0.2) is 9.37 Å². The number of carbonyl (C=O) groups excluding carboxylic acids is 1. The van der Waals surface area contributed by atoms with E-state index >= 15 is 0 Å². The molecule has 4 aromatic rings. The van der Waals surface area contributed by atoms with E-state index in [1.165, 1.54) is 11.6 Å². The molecule has 0 saturated heterocycles. The van der Waals surface area contributed by atoms with E-state index in [1.54, 1.807) is 23.7 Å². The van der Waals surface area contributed by atoms with Crippen molar-refractivity contribution in [2.75, 3.05) is 20.1 Å². The summed E-state index contributed by atoms with van der Waals surface area (Å²) in [7, 11) is 1.60. The zero-order chi connectivity index (χ0) is 23.1. The van der Waals surface area contributed by atoms with E-state index in [-0.39, 0.29) is 11.4 Å². The quantitative estimate of drug-likeness (QED) is 0.505. The third-order valence-electron chi connectivity index (χ3n) is 6.21. The Bertz CT molecular complexity index is 1480. The largest absolute Gasteiger partial charge is 0.354 e. The molecule has 33 heavy (non-hydrogen) atoms. The highest BCUT2D eigenvalue weighted by molar-refractivity contribution is 5.92. The zero-order valence-electron chi connectivity index (χ0n) is 18.5. The van der Waals surface area contributed by atoms with E-state index < -0.39 is 11.4 Å². The number of aromatic amines is 1. The van der Waals surface area contributed by atoms with Crippen LogP contribution in [0.25, 0.3) is 22.1 Å². The van der Waals surface area contributed by atoms with Crippen LogP contribution < -0.4 is 10.9 Å². The first-order valence-corrected chi connectivity index (χ1v) is 10.9. The standard InChI is InChI=1S/C25H24FN5O2/c1-15-18(4-5-20(28-15)24(32)27-2)17-7-10-30(11-8-17)14-16-3-6-22-21(13-16)29-25(33)23-19(26)9-12-31(22)23/h3-7,9,12-13H,8,10-11,14H2,1-2H3,(H,27,32)(H,29,33). The molecule has 0 unspecified atom stereocenters. The second-order valence-electron chi connectivity index (χ2n) is 8.31. The second-order valence-corrected chi connectivity index (χ2v) is 8.31. The van der Waals surface area contributed by atoms with Crippen LogP contribution in [0, 0.1) is 12.7 Å². The molecule has 5 rings (SSSR count). The van der Waals surface area contributed by atoms with Gasteiger partial charge < -0.3 is 14.7 Å². The molecule has 3 aromatic heterocycles. The fourth-order valence-corrected chi connectivity index (χ4v) is 4.51. The molecule has 1 aliphatic heterocycles. The number of nitrogens with zero attached hydrogens (tertiary/aromatic N) is 3. The summed E-state index contributed by atoms with van der Waals surface area (Å²) < 4.78 is 15.5. The van der Waals surface area contributed by atoms with Crippen LogP contribution in [0.1, 0.15) is 33.7 Å². The Morgan fingerprint density at radius 2 is 2.09 bits per heavy atom. The smallest absolute Gasteiger partial charge is 0.275 e. The lowest BCUT2D eigenvalue weighted by Gasteiger charge is -2.27. The first kappa shape index (κ1) is 21.1. The number of pyridine rings is 1. The minimum absolute atomic E-state index is 0.0390. The van der Waals surface area contributed by atoms with Crippen LogP contribution in [0.4, 0.5) is 4.39 Å². The Morgan fingerprint density at radius 1 is 1.24 bits per heavy atom. The summed E-state index contributed by atoms with van der Waals surface area (Å²) in [5, 5.41) is 2.60. The monoisotopic (exact) mass is 445 g/mol. The number of aryl methyl sites for hydroxylation is 1. The number of benzene rings is 1. The highest BCUT2D eigenvalue weighted by atomic mass is 19.1. The molecule has 0 radical (unpaired) electrons. The first-order valence-electron chi connectivity index (χ1n) is 10.9. The van der Waals surface area contributed by atoms with Crippen LogP contribution in [0.15, 0.2) is 53.5 Å². The van der Waals surface area contributed by atoms with Crippen molar-refractivity contribution in [2.45, 2.75) is 19.9 Å². The Balaban J connectivity index is 1.34. The highest BCUT2D eigenvalue weighted by Gasteiger charge is 2.17. The van der Waals surface area contributed by atoms with Crippen LogP contribution >= 0.6 is 0 Å². The lowest BCUT2D eigenvalue weighted by atomic mass is 9.97. The highest BCUT2D eigenvalue weighted by Crippen LogP contribution is 2.26. The Morgan fingerprint density at radius 3 is 2.82 bits per heavy atom. The summed E-state index contributed by atoms with van der Waals surface area (Å²) in [6, 6.07) is 10.9. The molecule has 0 saturated carbocycles. The molecule has 0 atom stereocenters. The lowest BCUT2D eigenvalue weighted by Crippen LogP contribution is -2.28. The number of carbonyl (C=O) groups is 1. The van der Waals surface area contributed by atoms with E-state index in [0.717, 1.165) is 48.4 Å². The molecule has 1 amide bonds. The minimum Gasteiger partial charge on any atom is -0.354 e. The van der Waals surface area contributed by atoms with Crippen molar-refractivity contribution in [1.29, 1.82) is 0 Å². The number of aromatic nitrogens is 3.